The zero-order valence-electron chi connectivity index (χ0n) is 14.4. The molecular formula is C13H24N2O8S2. The fourth-order valence-electron chi connectivity index (χ4n) is 1.29. The first-order valence-corrected chi connectivity index (χ1v) is 9.73. The maximum absolute atomic E-state index is 10.8. The van der Waals surface area contributed by atoms with Crippen molar-refractivity contribution >= 4 is 32.1 Å². The van der Waals surface area contributed by atoms with Gasteiger partial charge in [0.1, 0.15) is 0 Å². The van der Waals surface area contributed by atoms with Crippen molar-refractivity contribution in [2.24, 2.45) is 0 Å². The lowest BCUT2D eigenvalue weighted by Crippen LogP contribution is -2.48. The van der Waals surface area contributed by atoms with Crippen LogP contribution in [0.4, 0.5) is 0 Å². The first kappa shape index (κ1) is 25.5. The van der Waals surface area contributed by atoms with Gasteiger partial charge in [-0.1, -0.05) is 13.2 Å². The van der Waals surface area contributed by atoms with E-state index in [0.717, 1.165) is 12.2 Å². The summed E-state index contributed by atoms with van der Waals surface area (Å²) >= 11 is 0. The zero-order valence-corrected chi connectivity index (χ0v) is 16.1. The number of rotatable bonds is 7. The second-order valence-corrected chi connectivity index (χ2v) is 9.41. The quantitative estimate of drug-likeness (QED) is 0.338. The molecule has 0 aromatic heterocycles. The van der Waals surface area contributed by atoms with E-state index >= 15 is 0 Å². The number of nitrogens with one attached hydrogen (secondary N) is 2. The van der Waals surface area contributed by atoms with Gasteiger partial charge in [-0.05, 0) is 39.8 Å². The topological polar surface area (TPSA) is 167 Å². The van der Waals surface area contributed by atoms with Crippen LogP contribution in [-0.2, 0) is 29.8 Å². The summed E-state index contributed by atoms with van der Waals surface area (Å²) in [6.45, 7) is 11.7. The average molecular weight is 400 g/mol. The van der Waals surface area contributed by atoms with Crippen molar-refractivity contribution in [3.63, 3.8) is 0 Å². The monoisotopic (exact) mass is 400 g/mol. The maximum atomic E-state index is 10.8. The van der Waals surface area contributed by atoms with Gasteiger partial charge in [0.15, 0.2) is 4.87 Å². The molecule has 0 aromatic rings. The third kappa shape index (κ3) is 12.3. The predicted molar refractivity (Wildman–Crippen MR) is 92.8 cm³/mol. The van der Waals surface area contributed by atoms with E-state index in [1.54, 1.807) is 0 Å². The van der Waals surface area contributed by atoms with Gasteiger partial charge < -0.3 is 10.6 Å². The second kappa shape index (κ2) is 9.08. The van der Waals surface area contributed by atoms with Crippen molar-refractivity contribution in [3.05, 3.63) is 25.3 Å². The lowest BCUT2D eigenvalue weighted by atomic mass is 10.1. The minimum atomic E-state index is -4.29. The molecule has 0 atom stereocenters. The summed E-state index contributed by atoms with van der Waals surface area (Å²) < 4.78 is 59.4. The molecule has 0 fully saturated rings. The van der Waals surface area contributed by atoms with Crippen LogP contribution in [0.1, 0.15) is 27.7 Å². The van der Waals surface area contributed by atoms with Crippen LogP contribution in [0.5, 0.6) is 0 Å². The van der Waals surface area contributed by atoms with E-state index in [1.165, 1.54) is 27.7 Å². The molecule has 12 heteroatoms. The van der Waals surface area contributed by atoms with Crippen LogP contribution in [0.25, 0.3) is 0 Å². The molecule has 25 heavy (non-hydrogen) atoms. The lowest BCUT2D eigenvalue weighted by Gasteiger charge is -2.23. The zero-order chi connectivity index (χ0) is 20.7. The molecule has 0 aliphatic rings. The highest BCUT2D eigenvalue weighted by molar-refractivity contribution is 7.87. The molecule has 10 nitrogen and oxygen atoms in total. The van der Waals surface area contributed by atoms with E-state index in [2.05, 4.69) is 23.8 Å². The Labute approximate surface area is 147 Å². The fraction of sp³-hybridized carbons (Fsp3) is 0.538. The molecule has 0 saturated carbocycles. The van der Waals surface area contributed by atoms with Crippen LogP contribution < -0.4 is 10.6 Å². The number of hydrogen-bond acceptors (Lipinski definition) is 6. The first-order valence-electron chi connectivity index (χ1n) is 6.68. The van der Waals surface area contributed by atoms with E-state index in [-0.39, 0.29) is 0 Å². The van der Waals surface area contributed by atoms with Crippen molar-refractivity contribution in [3.8, 4) is 0 Å². The minimum Gasteiger partial charge on any atom is -0.347 e. The summed E-state index contributed by atoms with van der Waals surface area (Å²) in [6, 6.07) is 0. The van der Waals surface area contributed by atoms with Crippen LogP contribution in [0.3, 0.4) is 0 Å². The molecular weight excluding hydrogens is 376 g/mol. The molecule has 0 unspecified atom stereocenters. The smallest absolute Gasteiger partial charge is 0.288 e. The molecule has 0 bridgehead atoms. The van der Waals surface area contributed by atoms with Crippen LogP contribution in [-0.4, -0.2) is 53.9 Å². The van der Waals surface area contributed by atoms with Crippen LogP contribution in [0.15, 0.2) is 25.3 Å². The fourth-order valence-corrected chi connectivity index (χ4v) is 2.50. The normalized spacial score (nSPS) is 12.2. The van der Waals surface area contributed by atoms with Crippen molar-refractivity contribution < 1.29 is 35.5 Å². The van der Waals surface area contributed by atoms with Gasteiger partial charge in [-0.2, -0.15) is 16.8 Å². The Kier molecular flexibility index (Phi) is 9.26. The Hall–Kier alpha value is -1.76. The van der Waals surface area contributed by atoms with E-state index in [4.69, 9.17) is 9.11 Å². The highest BCUT2D eigenvalue weighted by Gasteiger charge is 2.33. The summed E-state index contributed by atoms with van der Waals surface area (Å²) in [5.74, 6) is -1.66. The number of hydrogen-bond donors (Lipinski definition) is 4. The second-order valence-electron chi connectivity index (χ2n) is 5.98. The van der Waals surface area contributed by atoms with Crippen molar-refractivity contribution in [2.45, 2.75) is 38.1 Å². The predicted octanol–water partition coefficient (Wildman–Crippen LogP) is -0.132. The van der Waals surface area contributed by atoms with E-state index in [0.29, 0.717) is 0 Å². The van der Waals surface area contributed by atoms with Crippen molar-refractivity contribution in [1.82, 2.24) is 10.6 Å². The molecule has 0 heterocycles. The number of carbonyl (C=O) groups is 2. The number of carbonyl (C=O) groups excluding carboxylic acids is 2. The van der Waals surface area contributed by atoms with E-state index in [9.17, 15) is 26.4 Å². The number of amides is 2. The summed E-state index contributed by atoms with van der Waals surface area (Å²) in [5.41, 5.74) is -1.00. The third-order valence-electron chi connectivity index (χ3n) is 2.44. The largest absolute Gasteiger partial charge is 0.347 e. The summed E-state index contributed by atoms with van der Waals surface area (Å²) in [4.78, 5) is 19.8. The molecule has 146 valence electrons. The molecule has 0 rings (SSSR count). The SMILES string of the molecule is C=CC(=O)NC(C)(C)CS(=O)(=O)O.C=CC(=O)NC(C)(C)S(=O)(=O)O. The minimum absolute atomic E-state index is 0.478. The highest BCUT2D eigenvalue weighted by atomic mass is 32.2. The summed E-state index contributed by atoms with van der Waals surface area (Å²) in [7, 11) is -8.37. The molecule has 0 spiro atoms. The average Bonchev–Trinajstić information content (AvgIpc) is 2.33. The molecule has 2 amide bonds. The summed E-state index contributed by atoms with van der Waals surface area (Å²) in [5, 5.41) is 4.42. The van der Waals surface area contributed by atoms with Gasteiger partial charge >= 0.3 is 0 Å². The molecule has 0 aromatic carbocycles. The van der Waals surface area contributed by atoms with Crippen molar-refractivity contribution in [2.75, 3.05) is 5.75 Å². The van der Waals surface area contributed by atoms with Gasteiger partial charge in [0.25, 0.3) is 20.2 Å². The Morgan fingerprint density at radius 2 is 1.28 bits per heavy atom. The first-order chi connectivity index (χ1) is 10.9. The maximum Gasteiger partial charge on any atom is 0.288 e. The Morgan fingerprint density at radius 3 is 1.56 bits per heavy atom. The van der Waals surface area contributed by atoms with Gasteiger partial charge in [0, 0.05) is 0 Å². The van der Waals surface area contributed by atoms with Gasteiger partial charge in [-0.15, -0.1) is 0 Å². The van der Waals surface area contributed by atoms with Gasteiger partial charge in [-0.3, -0.25) is 18.7 Å². The van der Waals surface area contributed by atoms with Crippen molar-refractivity contribution in [1.29, 1.82) is 0 Å². The van der Waals surface area contributed by atoms with Gasteiger partial charge in [-0.25, -0.2) is 0 Å². The third-order valence-corrected chi connectivity index (χ3v) is 4.92. The molecule has 4 N–H and O–H groups in total. The molecule has 0 aliphatic carbocycles. The molecule has 0 saturated heterocycles. The van der Waals surface area contributed by atoms with E-state index in [1.807, 2.05) is 0 Å². The Morgan fingerprint density at radius 1 is 0.920 bits per heavy atom. The standard InChI is InChI=1S/C7H13NO4S.C6H11NO4S/c1-4-6(9)8-7(2,3)5-13(10,11)12;1-4-5(8)7-6(2,3)12(9,10)11/h4H,1,5H2,2-3H3,(H,8,9)(H,10,11,12);4H,1H2,2-3H3,(H,7,8)(H,9,10,11). The van der Waals surface area contributed by atoms with Crippen LogP contribution >= 0.6 is 0 Å². The molecule has 0 radical (unpaired) electrons. The Balaban J connectivity index is 0. The van der Waals surface area contributed by atoms with Crippen LogP contribution in [0, 0.1) is 0 Å². The highest BCUT2D eigenvalue weighted by Crippen LogP contribution is 2.09. The van der Waals surface area contributed by atoms with Gasteiger partial charge in [0.05, 0.1) is 11.3 Å². The summed E-state index contributed by atoms with van der Waals surface area (Å²) in [6.07, 6.45) is 1.96. The van der Waals surface area contributed by atoms with Gasteiger partial charge in [0.2, 0.25) is 11.8 Å². The van der Waals surface area contributed by atoms with Crippen LogP contribution in [0.2, 0.25) is 0 Å². The van der Waals surface area contributed by atoms with E-state index < -0.39 is 48.2 Å². The Bertz CT molecular complexity index is 721. The lowest BCUT2D eigenvalue weighted by molar-refractivity contribution is -0.118. The molecule has 0 aliphatic heterocycles.